The normalized spacial score (nSPS) is 19.6. The van der Waals surface area contributed by atoms with Crippen LogP contribution in [0.4, 0.5) is 0 Å². The number of nitrogens with zero attached hydrogens (tertiary/aromatic N) is 2. The molecule has 0 radical (unpaired) electrons. The smallest absolute Gasteiger partial charge is 0.0960 e. The molecule has 0 unspecified atom stereocenters. The van der Waals surface area contributed by atoms with Gasteiger partial charge in [0.1, 0.15) is 0 Å². The number of thiazole rings is 1. The minimum Gasteiger partial charge on any atom is -0.306 e. The molecule has 0 N–H and O–H groups in total. The van der Waals surface area contributed by atoms with Crippen molar-refractivity contribution < 1.29 is 0 Å². The molecule has 0 saturated carbocycles. The number of rotatable bonds is 3. The van der Waals surface area contributed by atoms with Gasteiger partial charge in [0.05, 0.1) is 10.7 Å². The van der Waals surface area contributed by atoms with Gasteiger partial charge in [-0.05, 0) is 45.2 Å². The van der Waals surface area contributed by atoms with E-state index in [4.69, 9.17) is 4.98 Å². The summed E-state index contributed by atoms with van der Waals surface area (Å²) in [7, 11) is 2.20. The predicted octanol–water partition coefficient (Wildman–Crippen LogP) is 2.42. The molecule has 2 nitrogen and oxygen atoms in total. The van der Waals surface area contributed by atoms with Gasteiger partial charge in [-0.3, -0.25) is 0 Å². The minimum atomic E-state index is 0.708. The summed E-state index contributed by atoms with van der Waals surface area (Å²) >= 11 is 6.07. The second-order valence-electron chi connectivity index (χ2n) is 4.23. The van der Waals surface area contributed by atoms with Gasteiger partial charge in [-0.25, -0.2) is 4.98 Å². The Kier molecular flexibility index (Phi) is 4.05. The van der Waals surface area contributed by atoms with Crippen LogP contribution in [0.3, 0.4) is 0 Å². The number of aryl methyl sites for hydroxylation is 1. The fraction of sp³-hybridized carbons (Fsp3) is 0.727. The van der Waals surface area contributed by atoms with Crippen LogP contribution in [0, 0.1) is 0 Å². The number of aromatic nitrogens is 1. The zero-order chi connectivity index (χ0) is 10.7. The van der Waals surface area contributed by atoms with Gasteiger partial charge >= 0.3 is 0 Å². The molecular formula is C11H18N2S2. The zero-order valence-corrected chi connectivity index (χ0v) is 10.9. The van der Waals surface area contributed by atoms with Gasteiger partial charge in [0, 0.05) is 11.3 Å². The standard InChI is InChI=1S/C11H18N2S2/c1-13-5-2-9(3-6-13)11-12-10(4-7-14)8-15-11/h8-9,14H,2-7H2,1H3. The number of likely N-dealkylation sites (tertiary alicyclic amines) is 1. The third kappa shape index (κ3) is 2.95. The third-order valence-electron chi connectivity index (χ3n) is 3.01. The van der Waals surface area contributed by atoms with E-state index in [1.165, 1.54) is 36.6 Å². The molecule has 0 bridgehead atoms. The van der Waals surface area contributed by atoms with E-state index in [1.54, 1.807) is 0 Å². The van der Waals surface area contributed by atoms with Gasteiger partial charge < -0.3 is 4.90 Å². The third-order valence-corrected chi connectivity index (χ3v) is 4.28. The van der Waals surface area contributed by atoms with Crippen LogP contribution in [0.5, 0.6) is 0 Å². The summed E-state index contributed by atoms with van der Waals surface area (Å²) in [6, 6.07) is 0. The van der Waals surface area contributed by atoms with Crippen molar-refractivity contribution in [2.45, 2.75) is 25.2 Å². The lowest BCUT2D eigenvalue weighted by Gasteiger charge is -2.27. The maximum Gasteiger partial charge on any atom is 0.0960 e. The first kappa shape index (κ1) is 11.4. The second kappa shape index (κ2) is 5.32. The monoisotopic (exact) mass is 242 g/mol. The molecule has 0 spiro atoms. The summed E-state index contributed by atoms with van der Waals surface area (Å²) in [6.07, 6.45) is 3.54. The fourth-order valence-corrected chi connectivity index (χ4v) is 3.25. The summed E-state index contributed by atoms with van der Waals surface area (Å²) in [5.74, 6) is 1.61. The van der Waals surface area contributed by atoms with Crippen LogP contribution in [0.15, 0.2) is 5.38 Å². The molecule has 1 fully saturated rings. The van der Waals surface area contributed by atoms with E-state index < -0.39 is 0 Å². The molecule has 1 aromatic rings. The summed E-state index contributed by atoms with van der Waals surface area (Å²) in [5, 5.41) is 3.55. The summed E-state index contributed by atoms with van der Waals surface area (Å²) in [4.78, 5) is 7.10. The van der Waals surface area contributed by atoms with Crippen LogP contribution in [0.2, 0.25) is 0 Å². The van der Waals surface area contributed by atoms with E-state index in [0.29, 0.717) is 5.92 Å². The number of hydrogen-bond donors (Lipinski definition) is 1. The molecule has 2 rings (SSSR count). The second-order valence-corrected chi connectivity index (χ2v) is 5.57. The van der Waals surface area contributed by atoms with Gasteiger partial charge in [0.2, 0.25) is 0 Å². The molecule has 2 heterocycles. The highest BCUT2D eigenvalue weighted by molar-refractivity contribution is 7.80. The highest BCUT2D eigenvalue weighted by Gasteiger charge is 2.20. The van der Waals surface area contributed by atoms with Crippen molar-refractivity contribution in [3.8, 4) is 0 Å². The number of hydrogen-bond acceptors (Lipinski definition) is 4. The van der Waals surface area contributed by atoms with Crippen LogP contribution in [-0.2, 0) is 6.42 Å². The maximum atomic E-state index is 4.70. The van der Waals surface area contributed by atoms with E-state index in [0.717, 1.165) is 12.2 Å². The molecule has 0 atom stereocenters. The van der Waals surface area contributed by atoms with E-state index in [9.17, 15) is 0 Å². The van der Waals surface area contributed by atoms with Gasteiger partial charge in [0.25, 0.3) is 0 Å². The first-order valence-corrected chi connectivity index (χ1v) is 7.04. The Labute approximate surface area is 101 Å². The molecule has 1 aromatic heterocycles. The zero-order valence-electron chi connectivity index (χ0n) is 9.15. The largest absolute Gasteiger partial charge is 0.306 e. The van der Waals surface area contributed by atoms with E-state index in [2.05, 4.69) is 30.0 Å². The Morgan fingerprint density at radius 2 is 2.27 bits per heavy atom. The number of piperidine rings is 1. The average Bonchev–Trinajstić information content (AvgIpc) is 2.68. The van der Waals surface area contributed by atoms with E-state index in [-0.39, 0.29) is 0 Å². The van der Waals surface area contributed by atoms with Crippen molar-refractivity contribution in [3.63, 3.8) is 0 Å². The van der Waals surface area contributed by atoms with E-state index in [1.807, 2.05) is 11.3 Å². The SMILES string of the molecule is CN1CCC(c2nc(CCS)cs2)CC1. The van der Waals surface area contributed by atoms with Crippen LogP contribution < -0.4 is 0 Å². The van der Waals surface area contributed by atoms with Gasteiger partial charge in [-0.1, -0.05) is 0 Å². The molecule has 0 amide bonds. The molecule has 0 aromatic carbocycles. The summed E-state index contributed by atoms with van der Waals surface area (Å²) in [5.41, 5.74) is 1.23. The molecular weight excluding hydrogens is 224 g/mol. The minimum absolute atomic E-state index is 0.708. The maximum absolute atomic E-state index is 4.70. The first-order chi connectivity index (χ1) is 7.29. The highest BCUT2D eigenvalue weighted by Crippen LogP contribution is 2.29. The van der Waals surface area contributed by atoms with Crippen LogP contribution in [0.1, 0.15) is 29.5 Å². The lowest BCUT2D eigenvalue weighted by Crippen LogP contribution is -2.29. The first-order valence-electron chi connectivity index (χ1n) is 5.53. The van der Waals surface area contributed by atoms with Crippen LogP contribution >= 0.6 is 24.0 Å². The number of thiol groups is 1. The van der Waals surface area contributed by atoms with Crippen molar-refractivity contribution in [2.24, 2.45) is 0 Å². The van der Waals surface area contributed by atoms with Crippen molar-refractivity contribution in [1.29, 1.82) is 0 Å². The van der Waals surface area contributed by atoms with Crippen molar-refractivity contribution in [2.75, 3.05) is 25.9 Å². The van der Waals surface area contributed by atoms with Crippen LogP contribution in [0.25, 0.3) is 0 Å². The lowest BCUT2D eigenvalue weighted by atomic mass is 9.98. The van der Waals surface area contributed by atoms with Gasteiger partial charge in [-0.2, -0.15) is 12.6 Å². The Morgan fingerprint density at radius 1 is 1.53 bits per heavy atom. The van der Waals surface area contributed by atoms with Crippen molar-refractivity contribution in [1.82, 2.24) is 9.88 Å². The van der Waals surface area contributed by atoms with E-state index >= 15 is 0 Å². The molecule has 1 aliphatic rings. The Hall–Kier alpha value is -0.0600. The van der Waals surface area contributed by atoms with Crippen molar-refractivity contribution in [3.05, 3.63) is 16.1 Å². The fourth-order valence-electron chi connectivity index (χ4n) is 2.00. The highest BCUT2D eigenvalue weighted by atomic mass is 32.1. The molecule has 1 aliphatic heterocycles. The molecule has 0 aliphatic carbocycles. The molecule has 15 heavy (non-hydrogen) atoms. The van der Waals surface area contributed by atoms with Crippen molar-refractivity contribution >= 4 is 24.0 Å². The Balaban J connectivity index is 1.96. The summed E-state index contributed by atoms with van der Waals surface area (Å²) < 4.78 is 0. The Bertz CT molecular complexity index is 303. The summed E-state index contributed by atoms with van der Waals surface area (Å²) in [6.45, 7) is 2.43. The molecule has 84 valence electrons. The average molecular weight is 242 g/mol. The van der Waals surface area contributed by atoms with Crippen LogP contribution in [-0.4, -0.2) is 35.8 Å². The Morgan fingerprint density at radius 3 is 2.93 bits per heavy atom. The quantitative estimate of drug-likeness (QED) is 0.820. The molecule has 1 saturated heterocycles. The topological polar surface area (TPSA) is 16.1 Å². The van der Waals surface area contributed by atoms with Gasteiger partial charge in [-0.15, -0.1) is 11.3 Å². The molecule has 4 heteroatoms. The lowest BCUT2D eigenvalue weighted by molar-refractivity contribution is 0.255. The predicted molar refractivity (Wildman–Crippen MR) is 69.1 cm³/mol. The van der Waals surface area contributed by atoms with Gasteiger partial charge in [0.15, 0.2) is 0 Å².